The summed E-state index contributed by atoms with van der Waals surface area (Å²) in [5.74, 6) is 1.29. The summed E-state index contributed by atoms with van der Waals surface area (Å²) in [5, 5.41) is 8.17. The van der Waals surface area contributed by atoms with E-state index in [2.05, 4.69) is 19.2 Å². The van der Waals surface area contributed by atoms with Gasteiger partial charge in [-0.3, -0.25) is 0 Å². The van der Waals surface area contributed by atoms with Crippen LogP contribution < -0.4 is 5.32 Å². The number of nitrogens with zero attached hydrogens (tertiary/aromatic N) is 2. The van der Waals surface area contributed by atoms with Crippen molar-refractivity contribution < 1.29 is 4.39 Å². The molecule has 0 saturated heterocycles. The predicted octanol–water partition coefficient (Wildman–Crippen LogP) is 3.96. The van der Waals surface area contributed by atoms with Crippen LogP contribution in [0.15, 0.2) is 24.3 Å². The van der Waals surface area contributed by atoms with Crippen molar-refractivity contribution >= 4 is 5.82 Å². The first-order valence-corrected chi connectivity index (χ1v) is 7.76. The standard InChI is InChI=1S/C17H22FN3/c1-12(2)11-15-13-7-5-6-10-19-17(13)21(20-15)16-9-4-3-8-14(16)18/h3-4,8-9,12,19H,5-7,10-11H2,1-2H3. The Bertz CT molecular complexity index is 631. The molecule has 1 aliphatic rings. The molecule has 3 rings (SSSR count). The third-order valence-electron chi connectivity index (χ3n) is 3.89. The van der Waals surface area contributed by atoms with Crippen LogP contribution in [0, 0.1) is 11.7 Å². The molecule has 0 unspecified atom stereocenters. The van der Waals surface area contributed by atoms with E-state index in [0.717, 1.165) is 43.7 Å². The fraction of sp³-hybridized carbons (Fsp3) is 0.471. The highest BCUT2D eigenvalue weighted by Crippen LogP contribution is 2.30. The van der Waals surface area contributed by atoms with Gasteiger partial charge >= 0.3 is 0 Å². The van der Waals surface area contributed by atoms with Crippen LogP contribution in [0.3, 0.4) is 0 Å². The summed E-state index contributed by atoms with van der Waals surface area (Å²) in [6.07, 6.45) is 4.27. The number of halogens is 1. The highest BCUT2D eigenvalue weighted by molar-refractivity contribution is 5.54. The number of aromatic nitrogens is 2. The van der Waals surface area contributed by atoms with Crippen molar-refractivity contribution in [3.05, 3.63) is 41.3 Å². The number of fused-ring (bicyclic) bond motifs is 1. The molecule has 0 bridgehead atoms. The van der Waals surface area contributed by atoms with Crippen molar-refractivity contribution in [3.63, 3.8) is 0 Å². The highest BCUT2D eigenvalue weighted by Gasteiger charge is 2.22. The quantitative estimate of drug-likeness (QED) is 0.926. The fourth-order valence-corrected chi connectivity index (χ4v) is 2.92. The Morgan fingerprint density at radius 3 is 2.86 bits per heavy atom. The van der Waals surface area contributed by atoms with E-state index in [1.54, 1.807) is 16.8 Å². The molecule has 1 aromatic carbocycles. The maximum absolute atomic E-state index is 14.1. The average Bonchev–Trinajstić information content (AvgIpc) is 2.63. The number of hydrogen-bond acceptors (Lipinski definition) is 2. The Morgan fingerprint density at radius 2 is 2.10 bits per heavy atom. The van der Waals surface area contributed by atoms with Gasteiger partial charge in [-0.15, -0.1) is 0 Å². The maximum atomic E-state index is 14.1. The first kappa shape index (κ1) is 14.1. The molecule has 21 heavy (non-hydrogen) atoms. The highest BCUT2D eigenvalue weighted by atomic mass is 19.1. The molecule has 3 nitrogen and oxygen atoms in total. The van der Waals surface area contributed by atoms with Crippen molar-refractivity contribution in [3.8, 4) is 5.69 Å². The monoisotopic (exact) mass is 287 g/mol. The summed E-state index contributed by atoms with van der Waals surface area (Å²) < 4.78 is 15.9. The number of anilines is 1. The molecule has 0 saturated carbocycles. The van der Waals surface area contributed by atoms with E-state index in [4.69, 9.17) is 5.10 Å². The van der Waals surface area contributed by atoms with Gasteiger partial charge in [0.1, 0.15) is 17.3 Å². The lowest BCUT2D eigenvalue weighted by atomic mass is 10.0. The van der Waals surface area contributed by atoms with E-state index >= 15 is 0 Å². The molecule has 1 aliphatic heterocycles. The first-order chi connectivity index (χ1) is 10.2. The zero-order valence-corrected chi connectivity index (χ0v) is 12.7. The molecule has 0 radical (unpaired) electrons. The predicted molar refractivity (Wildman–Crippen MR) is 83.5 cm³/mol. The Labute approximate surface area is 125 Å². The van der Waals surface area contributed by atoms with E-state index in [1.807, 2.05) is 6.07 Å². The molecular weight excluding hydrogens is 265 g/mol. The lowest BCUT2D eigenvalue weighted by Gasteiger charge is -2.09. The molecule has 0 spiro atoms. The lowest BCUT2D eigenvalue weighted by molar-refractivity contribution is 0.601. The largest absolute Gasteiger partial charge is 0.370 e. The van der Waals surface area contributed by atoms with Crippen molar-refractivity contribution in [1.29, 1.82) is 0 Å². The summed E-state index contributed by atoms with van der Waals surface area (Å²) >= 11 is 0. The van der Waals surface area contributed by atoms with Crippen LogP contribution in [0.1, 0.15) is 37.9 Å². The number of benzene rings is 1. The number of rotatable bonds is 3. The fourth-order valence-electron chi connectivity index (χ4n) is 2.92. The van der Waals surface area contributed by atoms with Crippen molar-refractivity contribution in [2.24, 2.45) is 5.92 Å². The molecule has 1 N–H and O–H groups in total. The Balaban J connectivity index is 2.12. The van der Waals surface area contributed by atoms with E-state index < -0.39 is 0 Å². The van der Waals surface area contributed by atoms with Crippen molar-refractivity contribution in [2.75, 3.05) is 11.9 Å². The first-order valence-electron chi connectivity index (χ1n) is 7.76. The van der Waals surface area contributed by atoms with Crippen LogP contribution in [-0.2, 0) is 12.8 Å². The topological polar surface area (TPSA) is 29.9 Å². The van der Waals surface area contributed by atoms with Gasteiger partial charge in [0.15, 0.2) is 0 Å². The van der Waals surface area contributed by atoms with E-state index in [0.29, 0.717) is 11.6 Å². The molecule has 4 heteroatoms. The molecule has 0 aliphatic carbocycles. The van der Waals surface area contributed by atoms with Crippen LogP contribution >= 0.6 is 0 Å². The van der Waals surface area contributed by atoms with Gasteiger partial charge in [0, 0.05) is 12.1 Å². The third kappa shape index (κ3) is 2.80. The second-order valence-electron chi connectivity index (χ2n) is 6.12. The molecule has 0 atom stereocenters. The minimum Gasteiger partial charge on any atom is -0.370 e. The maximum Gasteiger partial charge on any atom is 0.148 e. The third-order valence-corrected chi connectivity index (χ3v) is 3.89. The zero-order chi connectivity index (χ0) is 14.8. The smallest absolute Gasteiger partial charge is 0.148 e. The van der Waals surface area contributed by atoms with Gasteiger partial charge in [0.2, 0.25) is 0 Å². The second-order valence-corrected chi connectivity index (χ2v) is 6.12. The van der Waals surface area contributed by atoms with Crippen LogP contribution in [0.25, 0.3) is 5.69 Å². The van der Waals surface area contributed by atoms with E-state index in [-0.39, 0.29) is 5.82 Å². The number of hydrogen-bond donors (Lipinski definition) is 1. The summed E-state index contributed by atoms with van der Waals surface area (Å²) in [5.41, 5.74) is 2.90. The molecular formula is C17H22FN3. The summed E-state index contributed by atoms with van der Waals surface area (Å²) in [6, 6.07) is 6.84. The molecule has 0 fully saturated rings. The second kappa shape index (κ2) is 5.88. The minimum atomic E-state index is -0.232. The van der Waals surface area contributed by atoms with Gasteiger partial charge < -0.3 is 5.32 Å². The van der Waals surface area contributed by atoms with Crippen molar-refractivity contribution in [2.45, 2.75) is 39.5 Å². The summed E-state index contributed by atoms with van der Waals surface area (Å²) in [7, 11) is 0. The number of nitrogens with one attached hydrogen (secondary N) is 1. The molecule has 1 aromatic heterocycles. The SMILES string of the molecule is CC(C)Cc1nn(-c2ccccc2F)c2c1CCCCN2. The van der Waals surface area contributed by atoms with E-state index in [1.165, 1.54) is 11.6 Å². The summed E-state index contributed by atoms with van der Waals surface area (Å²) in [6.45, 7) is 5.31. The van der Waals surface area contributed by atoms with Crippen LogP contribution in [-0.4, -0.2) is 16.3 Å². The average molecular weight is 287 g/mol. The van der Waals surface area contributed by atoms with Crippen LogP contribution in [0.5, 0.6) is 0 Å². The van der Waals surface area contributed by atoms with Gasteiger partial charge in [0.05, 0.1) is 5.69 Å². The number of para-hydroxylation sites is 1. The molecule has 0 amide bonds. The lowest BCUT2D eigenvalue weighted by Crippen LogP contribution is -2.08. The normalized spacial score (nSPS) is 14.7. The molecule has 112 valence electrons. The molecule has 2 aromatic rings. The van der Waals surface area contributed by atoms with E-state index in [9.17, 15) is 4.39 Å². The Hall–Kier alpha value is -1.84. The molecule has 2 heterocycles. The van der Waals surface area contributed by atoms with Gasteiger partial charge in [0.25, 0.3) is 0 Å². The Morgan fingerprint density at radius 1 is 1.29 bits per heavy atom. The van der Waals surface area contributed by atoms with Crippen LogP contribution in [0.2, 0.25) is 0 Å². The van der Waals surface area contributed by atoms with Crippen molar-refractivity contribution in [1.82, 2.24) is 9.78 Å². The van der Waals surface area contributed by atoms with Gasteiger partial charge in [-0.05, 0) is 43.7 Å². The minimum absolute atomic E-state index is 0.232. The summed E-state index contributed by atoms with van der Waals surface area (Å²) in [4.78, 5) is 0. The Kier molecular flexibility index (Phi) is 3.95. The zero-order valence-electron chi connectivity index (χ0n) is 12.7. The van der Waals surface area contributed by atoms with Gasteiger partial charge in [-0.2, -0.15) is 5.10 Å². The van der Waals surface area contributed by atoms with Crippen LogP contribution in [0.4, 0.5) is 10.2 Å². The van der Waals surface area contributed by atoms with Gasteiger partial charge in [-0.25, -0.2) is 9.07 Å². The van der Waals surface area contributed by atoms with Gasteiger partial charge in [-0.1, -0.05) is 26.0 Å².